The van der Waals surface area contributed by atoms with E-state index in [9.17, 15) is 8.78 Å². The van der Waals surface area contributed by atoms with Gasteiger partial charge in [0.05, 0.1) is 5.56 Å². The molecule has 74 valence electrons. The summed E-state index contributed by atoms with van der Waals surface area (Å²) in [6, 6.07) is 3.05. The van der Waals surface area contributed by atoms with Crippen molar-refractivity contribution in [1.82, 2.24) is 4.98 Å². The summed E-state index contributed by atoms with van der Waals surface area (Å²) in [5, 5.41) is 8.61. The van der Waals surface area contributed by atoms with E-state index in [0.717, 1.165) is 0 Å². The van der Waals surface area contributed by atoms with Crippen molar-refractivity contribution in [3.63, 3.8) is 0 Å². The smallest absolute Gasteiger partial charge is 0.281 e. The first-order chi connectivity index (χ1) is 6.60. The normalized spacial score (nSPS) is 10.3. The molecule has 0 radical (unpaired) electrons. The number of pyridine rings is 1. The van der Waals surface area contributed by atoms with Gasteiger partial charge in [-0.2, -0.15) is 5.26 Å². The van der Waals surface area contributed by atoms with Crippen molar-refractivity contribution in [2.24, 2.45) is 5.73 Å². The Bertz CT molecular complexity index is 382. The lowest BCUT2D eigenvalue weighted by Crippen LogP contribution is -2.05. The molecule has 0 fully saturated rings. The Hall–Kier alpha value is -1.54. The first-order valence-corrected chi connectivity index (χ1v) is 3.99. The maximum absolute atomic E-state index is 12.4. The Kier molecular flexibility index (Phi) is 3.10. The molecule has 0 aliphatic carbocycles. The number of halogens is 2. The predicted octanol–water partition coefficient (Wildman–Crippen LogP) is 1.66. The minimum atomic E-state index is -2.73. The third-order valence-electron chi connectivity index (χ3n) is 1.89. The Labute approximate surface area is 80.2 Å². The largest absolute Gasteiger partial charge is 0.326 e. The molecule has 1 heterocycles. The number of nitrogens with zero attached hydrogens (tertiary/aromatic N) is 2. The monoisotopic (exact) mass is 197 g/mol. The van der Waals surface area contributed by atoms with E-state index in [1.54, 1.807) is 13.0 Å². The van der Waals surface area contributed by atoms with Crippen LogP contribution in [0, 0.1) is 18.3 Å². The van der Waals surface area contributed by atoms with Crippen LogP contribution in [0.4, 0.5) is 8.78 Å². The second kappa shape index (κ2) is 4.11. The molecule has 0 amide bonds. The summed E-state index contributed by atoms with van der Waals surface area (Å²) in [5.41, 5.74) is 5.85. The summed E-state index contributed by atoms with van der Waals surface area (Å²) in [6.07, 6.45) is -2.73. The number of hydrogen-bond donors (Lipinski definition) is 1. The van der Waals surface area contributed by atoms with E-state index in [4.69, 9.17) is 11.0 Å². The van der Waals surface area contributed by atoms with Gasteiger partial charge >= 0.3 is 0 Å². The van der Waals surface area contributed by atoms with Gasteiger partial charge in [-0.05, 0) is 18.6 Å². The predicted molar refractivity (Wildman–Crippen MR) is 46.5 cm³/mol. The molecule has 0 aromatic carbocycles. The van der Waals surface area contributed by atoms with Crippen LogP contribution in [0.5, 0.6) is 0 Å². The lowest BCUT2D eigenvalue weighted by Gasteiger charge is -2.07. The topological polar surface area (TPSA) is 62.7 Å². The minimum absolute atomic E-state index is 0.106. The zero-order valence-corrected chi connectivity index (χ0v) is 7.59. The third-order valence-corrected chi connectivity index (χ3v) is 1.89. The van der Waals surface area contributed by atoms with E-state index in [-0.39, 0.29) is 12.1 Å². The molecule has 0 saturated heterocycles. The zero-order chi connectivity index (χ0) is 10.7. The Morgan fingerprint density at radius 1 is 1.64 bits per heavy atom. The van der Waals surface area contributed by atoms with E-state index in [0.29, 0.717) is 11.3 Å². The van der Waals surface area contributed by atoms with Crippen LogP contribution < -0.4 is 5.73 Å². The lowest BCUT2D eigenvalue weighted by molar-refractivity contribution is 0.145. The molecular formula is C9H9F2N3. The third kappa shape index (κ3) is 1.86. The van der Waals surface area contributed by atoms with Crippen molar-refractivity contribution in [2.45, 2.75) is 19.9 Å². The van der Waals surface area contributed by atoms with Gasteiger partial charge in [0.1, 0.15) is 11.8 Å². The van der Waals surface area contributed by atoms with Gasteiger partial charge < -0.3 is 5.73 Å². The molecule has 1 aromatic heterocycles. The van der Waals surface area contributed by atoms with Gasteiger partial charge in [-0.3, -0.25) is 4.98 Å². The molecule has 1 aromatic rings. The SMILES string of the molecule is Cc1nc(C(F)F)c(C#N)cc1CN. The summed E-state index contributed by atoms with van der Waals surface area (Å²) in [6.45, 7) is 1.78. The highest BCUT2D eigenvalue weighted by atomic mass is 19.3. The molecule has 0 spiro atoms. The summed E-state index contributed by atoms with van der Waals surface area (Å²) in [7, 11) is 0. The molecule has 0 atom stereocenters. The van der Waals surface area contributed by atoms with Crippen molar-refractivity contribution in [1.29, 1.82) is 5.26 Å². The van der Waals surface area contributed by atoms with E-state index < -0.39 is 12.1 Å². The number of aryl methyl sites for hydroxylation is 1. The number of hydrogen-bond acceptors (Lipinski definition) is 3. The average molecular weight is 197 g/mol. The standard InChI is InChI=1S/C9H9F2N3/c1-5-6(3-12)2-7(4-13)8(14-5)9(10)11/h2,9H,3,12H2,1H3. The maximum atomic E-state index is 12.4. The van der Waals surface area contributed by atoms with E-state index >= 15 is 0 Å². The molecule has 1 rings (SSSR count). The molecule has 0 aliphatic rings. The second-order valence-electron chi connectivity index (χ2n) is 2.78. The number of nitrogens with two attached hydrogens (primary N) is 1. The Balaban J connectivity index is 3.33. The number of alkyl halides is 2. The number of aromatic nitrogens is 1. The second-order valence-corrected chi connectivity index (χ2v) is 2.78. The summed E-state index contributed by atoms with van der Waals surface area (Å²) < 4.78 is 24.8. The van der Waals surface area contributed by atoms with Crippen molar-refractivity contribution < 1.29 is 8.78 Å². The van der Waals surface area contributed by atoms with Crippen LogP contribution in [-0.2, 0) is 6.54 Å². The van der Waals surface area contributed by atoms with E-state index in [1.807, 2.05) is 0 Å². The minimum Gasteiger partial charge on any atom is -0.326 e. The molecule has 0 aliphatic heterocycles. The van der Waals surface area contributed by atoms with Crippen LogP contribution in [0.25, 0.3) is 0 Å². The van der Waals surface area contributed by atoms with Gasteiger partial charge in [0.15, 0.2) is 0 Å². The van der Waals surface area contributed by atoms with Crippen LogP contribution in [0.1, 0.15) is 28.9 Å². The van der Waals surface area contributed by atoms with Gasteiger partial charge in [0.25, 0.3) is 6.43 Å². The van der Waals surface area contributed by atoms with Gasteiger partial charge in [-0.1, -0.05) is 0 Å². The average Bonchev–Trinajstić information content (AvgIpc) is 2.17. The van der Waals surface area contributed by atoms with Gasteiger partial charge in [0, 0.05) is 12.2 Å². The van der Waals surface area contributed by atoms with Crippen LogP contribution in [0.2, 0.25) is 0 Å². The van der Waals surface area contributed by atoms with Crippen molar-refractivity contribution in [3.05, 3.63) is 28.6 Å². The molecule has 3 nitrogen and oxygen atoms in total. The van der Waals surface area contributed by atoms with E-state index in [1.165, 1.54) is 6.07 Å². The molecule has 14 heavy (non-hydrogen) atoms. The van der Waals surface area contributed by atoms with Crippen molar-refractivity contribution in [3.8, 4) is 6.07 Å². The molecule has 0 saturated carbocycles. The number of nitriles is 1. The number of rotatable bonds is 2. The quantitative estimate of drug-likeness (QED) is 0.784. The van der Waals surface area contributed by atoms with Crippen molar-refractivity contribution >= 4 is 0 Å². The first kappa shape index (κ1) is 10.5. The molecule has 0 unspecified atom stereocenters. The van der Waals surface area contributed by atoms with Gasteiger partial charge in [0.2, 0.25) is 0 Å². The van der Waals surface area contributed by atoms with Crippen molar-refractivity contribution in [2.75, 3.05) is 0 Å². The zero-order valence-electron chi connectivity index (χ0n) is 7.59. The van der Waals surface area contributed by atoms with Crippen LogP contribution in [-0.4, -0.2) is 4.98 Å². The van der Waals surface area contributed by atoms with Gasteiger partial charge in [-0.25, -0.2) is 8.78 Å². The molecule has 2 N–H and O–H groups in total. The van der Waals surface area contributed by atoms with Crippen LogP contribution in [0.3, 0.4) is 0 Å². The van der Waals surface area contributed by atoms with Crippen LogP contribution in [0.15, 0.2) is 6.07 Å². The van der Waals surface area contributed by atoms with Gasteiger partial charge in [-0.15, -0.1) is 0 Å². The Morgan fingerprint density at radius 2 is 2.29 bits per heavy atom. The maximum Gasteiger partial charge on any atom is 0.281 e. The fraction of sp³-hybridized carbons (Fsp3) is 0.333. The summed E-state index contributed by atoms with van der Waals surface area (Å²) in [4.78, 5) is 3.66. The fourth-order valence-electron chi connectivity index (χ4n) is 1.13. The highest BCUT2D eigenvalue weighted by molar-refractivity contribution is 5.39. The lowest BCUT2D eigenvalue weighted by atomic mass is 10.1. The van der Waals surface area contributed by atoms with E-state index in [2.05, 4.69) is 4.98 Å². The Morgan fingerprint density at radius 3 is 2.71 bits per heavy atom. The fourth-order valence-corrected chi connectivity index (χ4v) is 1.13. The molecular weight excluding hydrogens is 188 g/mol. The first-order valence-electron chi connectivity index (χ1n) is 3.99. The molecule has 0 bridgehead atoms. The summed E-state index contributed by atoms with van der Waals surface area (Å²) in [5.74, 6) is 0. The van der Waals surface area contributed by atoms with Crippen LogP contribution >= 0.6 is 0 Å². The molecule has 5 heteroatoms. The summed E-state index contributed by atoms with van der Waals surface area (Å²) >= 11 is 0. The highest BCUT2D eigenvalue weighted by Crippen LogP contribution is 2.22. The highest BCUT2D eigenvalue weighted by Gasteiger charge is 2.16.